The van der Waals surface area contributed by atoms with Gasteiger partial charge in [0, 0.05) is 31.1 Å². The van der Waals surface area contributed by atoms with E-state index in [1.54, 1.807) is 0 Å². The van der Waals surface area contributed by atoms with Crippen molar-refractivity contribution in [1.29, 1.82) is 0 Å². The molecule has 116 valence electrons. The van der Waals surface area contributed by atoms with Crippen molar-refractivity contribution in [3.8, 4) is 0 Å². The number of likely N-dealkylation sites (tertiary alicyclic amines) is 1. The number of carbonyl (C=O) groups excluding carboxylic acids is 1. The molecule has 0 bridgehead atoms. The summed E-state index contributed by atoms with van der Waals surface area (Å²) >= 11 is 0. The number of amides is 1. The van der Waals surface area contributed by atoms with Crippen molar-refractivity contribution in [1.82, 2.24) is 14.9 Å². The quantitative estimate of drug-likeness (QED) is 0.722. The third kappa shape index (κ3) is 4.56. The Morgan fingerprint density at radius 1 is 1.52 bits per heavy atom. The zero-order chi connectivity index (χ0) is 15.4. The lowest BCUT2D eigenvalue weighted by Gasteiger charge is -2.31. The van der Waals surface area contributed by atoms with Gasteiger partial charge in [0.05, 0.1) is 6.54 Å². The van der Waals surface area contributed by atoms with Crippen LogP contribution in [0.5, 0.6) is 0 Å². The van der Waals surface area contributed by atoms with Crippen LogP contribution in [0.4, 0.5) is 5.82 Å². The SMILES string of the molecule is CC(C)c1nc(NC2CCN(CC(N)=O)CC2)cc(=O)[nH]1. The van der Waals surface area contributed by atoms with Crippen molar-refractivity contribution < 1.29 is 4.79 Å². The monoisotopic (exact) mass is 293 g/mol. The summed E-state index contributed by atoms with van der Waals surface area (Å²) in [5.74, 6) is 1.20. The first-order valence-corrected chi connectivity index (χ1v) is 7.32. The molecule has 1 aliphatic rings. The Balaban J connectivity index is 1.94. The smallest absolute Gasteiger partial charge is 0.252 e. The average Bonchev–Trinajstić information content (AvgIpc) is 2.39. The highest BCUT2D eigenvalue weighted by Crippen LogP contribution is 2.15. The lowest BCUT2D eigenvalue weighted by molar-refractivity contribution is -0.119. The summed E-state index contributed by atoms with van der Waals surface area (Å²) in [4.78, 5) is 31.8. The van der Waals surface area contributed by atoms with Crippen LogP contribution in [0.15, 0.2) is 10.9 Å². The fourth-order valence-corrected chi connectivity index (χ4v) is 2.49. The van der Waals surface area contributed by atoms with E-state index in [-0.39, 0.29) is 23.4 Å². The molecule has 0 radical (unpaired) electrons. The van der Waals surface area contributed by atoms with Crippen molar-refractivity contribution in [2.24, 2.45) is 5.73 Å². The largest absolute Gasteiger partial charge is 0.369 e. The molecule has 2 heterocycles. The molecule has 4 N–H and O–H groups in total. The molecule has 0 saturated carbocycles. The lowest BCUT2D eigenvalue weighted by Crippen LogP contribution is -2.43. The Bertz CT molecular complexity index is 547. The number of H-pyrrole nitrogens is 1. The molecule has 0 spiro atoms. The highest BCUT2D eigenvalue weighted by atomic mass is 16.1. The van der Waals surface area contributed by atoms with Crippen LogP contribution in [-0.4, -0.2) is 46.5 Å². The second-order valence-electron chi connectivity index (χ2n) is 5.83. The van der Waals surface area contributed by atoms with Gasteiger partial charge in [0.15, 0.2) is 0 Å². The Morgan fingerprint density at radius 3 is 2.76 bits per heavy atom. The van der Waals surface area contributed by atoms with Gasteiger partial charge in [0.2, 0.25) is 5.91 Å². The van der Waals surface area contributed by atoms with Crippen LogP contribution in [0, 0.1) is 0 Å². The number of rotatable bonds is 5. The van der Waals surface area contributed by atoms with E-state index in [4.69, 9.17) is 5.73 Å². The zero-order valence-electron chi connectivity index (χ0n) is 12.6. The molecule has 0 aromatic carbocycles. The first kappa shape index (κ1) is 15.5. The summed E-state index contributed by atoms with van der Waals surface area (Å²) in [7, 11) is 0. The number of nitrogens with one attached hydrogen (secondary N) is 2. The summed E-state index contributed by atoms with van der Waals surface area (Å²) in [5.41, 5.74) is 5.06. The second-order valence-corrected chi connectivity index (χ2v) is 5.83. The highest BCUT2D eigenvalue weighted by Gasteiger charge is 2.20. The van der Waals surface area contributed by atoms with Crippen molar-refractivity contribution in [3.05, 3.63) is 22.2 Å². The summed E-state index contributed by atoms with van der Waals surface area (Å²) in [5, 5.41) is 3.32. The van der Waals surface area contributed by atoms with Gasteiger partial charge in [0.1, 0.15) is 11.6 Å². The molecule has 0 atom stereocenters. The second kappa shape index (κ2) is 6.71. The molecule has 2 rings (SSSR count). The first-order chi connectivity index (χ1) is 9.94. The minimum absolute atomic E-state index is 0.137. The van der Waals surface area contributed by atoms with Crippen LogP contribution < -0.4 is 16.6 Å². The van der Waals surface area contributed by atoms with Crippen LogP contribution in [0.25, 0.3) is 0 Å². The fraction of sp³-hybridized carbons (Fsp3) is 0.643. The number of aromatic amines is 1. The van der Waals surface area contributed by atoms with Gasteiger partial charge >= 0.3 is 0 Å². The van der Waals surface area contributed by atoms with E-state index in [1.165, 1.54) is 6.07 Å². The molecular weight excluding hydrogens is 270 g/mol. The number of nitrogens with zero attached hydrogens (tertiary/aromatic N) is 2. The third-order valence-corrected chi connectivity index (χ3v) is 3.63. The molecule has 1 aromatic rings. The molecule has 1 aliphatic heterocycles. The van der Waals surface area contributed by atoms with Crippen molar-refractivity contribution >= 4 is 11.7 Å². The van der Waals surface area contributed by atoms with Gasteiger partial charge in [-0.1, -0.05) is 13.8 Å². The van der Waals surface area contributed by atoms with Crippen molar-refractivity contribution in [3.63, 3.8) is 0 Å². The molecule has 21 heavy (non-hydrogen) atoms. The zero-order valence-corrected chi connectivity index (χ0v) is 12.6. The number of primary amides is 1. The van der Waals surface area contributed by atoms with E-state index in [0.29, 0.717) is 18.2 Å². The Hall–Kier alpha value is -1.89. The maximum atomic E-state index is 11.6. The number of hydrogen-bond donors (Lipinski definition) is 3. The minimum atomic E-state index is -0.292. The summed E-state index contributed by atoms with van der Waals surface area (Å²) in [6.45, 7) is 5.93. The van der Waals surface area contributed by atoms with Crippen LogP contribution in [0.1, 0.15) is 38.4 Å². The van der Waals surface area contributed by atoms with Crippen molar-refractivity contribution in [2.75, 3.05) is 25.0 Å². The number of piperidine rings is 1. The van der Waals surface area contributed by atoms with E-state index in [0.717, 1.165) is 25.9 Å². The Labute approximate surface area is 123 Å². The predicted molar refractivity (Wildman–Crippen MR) is 81.2 cm³/mol. The maximum absolute atomic E-state index is 11.6. The lowest BCUT2D eigenvalue weighted by atomic mass is 10.1. The number of aromatic nitrogens is 2. The first-order valence-electron chi connectivity index (χ1n) is 7.32. The number of carbonyl (C=O) groups is 1. The van der Waals surface area contributed by atoms with Crippen LogP contribution in [0.2, 0.25) is 0 Å². The summed E-state index contributed by atoms with van der Waals surface area (Å²) < 4.78 is 0. The topological polar surface area (TPSA) is 104 Å². The van der Waals surface area contributed by atoms with E-state index >= 15 is 0 Å². The molecule has 1 aromatic heterocycles. The third-order valence-electron chi connectivity index (χ3n) is 3.63. The van der Waals surface area contributed by atoms with Crippen LogP contribution >= 0.6 is 0 Å². The van der Waals surface area contributed by atoms with E-state index in [9.17, 15) is 9.59 Å². The molecule has 7 heteroatoms. The van der Waals surface area contributed by atoms with Gasteiger partial charge in [-0.15, -0.1) is 0 Å². The molecule has 1 fully saturated rings. The molecule has 7 nitrogen and oxygen atoms in total. The van der Waals surface area contributed by atoms with Gasteiger partial charge in [-0.25, -0.2) is 4.98 Å². The highest BCUT2D eigenvalue weighted by molar-refractivity contribution is 5.75. The Morgan fingerprint density at radius 2 is 2.19 bits per heavy atom. The standard InChI is InChI=1S/C14H23N5O2/c1-9(2)14-17-12(7-13(21)18-14)16-10-3-5-19(6-4-10)8-11(15)20/h7,9-10H,3-6,8H2,1-2H3,(H2,15,20)(H2,16,17,18,21). The van der Waals surface area contributed by atoms with E-state index in [1.807, 2.05) is 18.7 Å². The molecule has 0 unspecified atom stereocenters. The van der Waals surface area contributed by atoms with Gasteiger partial charge in [0.25, 0.3) is 5.56 Å². The molecule has 1 saturated heterocycles. The van der Waals surface area contributed by atoms with Gasteiger partial charge in [-0.05, 0) is 12.8 Å². The Kier molecular flexibility index (Phi) is 4.95. The van der Waals surface area contributed by atoms with Crippen molar-refractivity contribution in [2.45, 2.75) is 38.6 Å². The van der Waals surface area contributed by atoms with Crippen LogP contribution in [0.3, 0.4) is 0 Å². The van der Waals surface area contributed by atoms with Crippen LogP contribution in [-0.2, 0) is 4.79 Å². The maximum Gasteiger partial charge on any atom is 0.252 e. The normalized spacial score (nSPS) is 17.1. The van der Waals surface area contributed by atoms with Gasteiger partial charge in [-0.2, -0.15) is 0 Å². The minimum Gasteiger partial charge on any atom is -0.369 e. The molecule has 1 amide bonds. The predicted octanol–water partition coefficient (Wildman–Crippen LogP) is 0.255. The molecular formula is C14H23N5O2. The summed E-state index contributed by atoms with van der Waals surface area (Å²) in [6.07, 6.45) is 1.80. The van der Waals surface area contributed by atoms with Gasteiger partial charge in [-0.3, -0.25) is 14.5 Å². The average molecular weight is 293 g/mol. The fourth-order valence-electron chi connectivity index (χ4n) is 2.49. The van der Waals surface area contributed by atoms with E-state index in [2.05, 4.69) is 15.3 Å². The number of hydrogen-bond acceptors (Lipinski definition) is 5. The van der Waals surface area contributed by atoms with Gasteiger partial charge < -0.3 is 16.0 Å². The molecule has 0 aliphatic carbocycles. The van der Waals surface area contributed by atoms with E-state index < -0.39 is 0 Å². The number of anilines is 1. The summed E-state index contributed by atoms with van der Waals surface area (Å²) in [6, 6.07) is 1.75. The number of nitrogens with two attached hydrogens (primary N) is 1.